The first kappa shape index (κ1) is 16.9. The van der Waals surface area contributed by atoms with Gasteiger partial charge in [0.2, 0.25) is 5.78 Å². The van der Waals surface area contributed by atoms with Gasteiger partial charge in [0, 0.05) is 28.9 Å². The molecule has 1 N–H and O–H groups in total. The molecule has 1 aromatic heterocycles. The normalized spacial score (nSPS) is 13.6. The number of Topliss-reactive ketones (excluding diaryl/α,β-unsaturated/α-hetero) is 2. The third-order valence-corrected chi connectivity index (χ3v) is 4.64. The minimum Gasteiger partial charge on any atom is -0.347 e. The predicted molar refractivity (Wildman–Crippen MR) is 104 cm³/mol. The van der Waals surface area contributed by atoms with Crippen LogP contribution in [-0.4, -0.2) is 11.6 Å². The average molecular weight is 355 g/mol. The van der Waals surface area contributed by atoms with Gasteiger partial charge < -0.3 is 5.32 Å². The van der Waals surface area contributed by atoms with Gasteiger partial charge in [-0.05, 0) is 37.1 Å². The molecule has 0 amide bonds. The highest BCUT2D eigenvalue weighted by Crippen LogP contribution is 2.27. The number of aryl methyl sites for hydroxylation is 2. The summed E-state index contributed by atoms with van der Waals surface area (Å²) in [6.45, 7) is 3.96. The Labute approximate surface area is 157 Å². The van der Waals surface area contributed by atoms with Crippen molar-refractivity contribution in [2.24, 2.45) is 0 Å². The number of hydrogen-bond acceptors (Lipinski definition) is 3. The second-order valence-corrected chi connectivity index (χ2v) is 6.70. The second kappa shape index (κ2) is 6.65. The van der Waals surface area contributed by atoms with Crippen LogP contribution in [0.25, 0.3) is 5.70 Å². The monoisotopic (exact) mass is 355 g/mol. The molecule has 0 unspecified atom stereocenters. The van der Waals surface area contributed by atoms with E-state index >= 15 is 0 Å². The molecule has 132 valence electrons. The van der Waals surface area contributed by atoms with Crippen molar-refractivity contribution in [3.63, 3.8) is 0 Å². The molecule has 1 aliphatic rings. The lowest BCUT2D eigenvalue weighted by Gasteiger charge is -2.18. The Bertz CT molecular complexity index is 1100. The van der Waals surface area contributed by atoms with Crippen molar-refractivity contribution in [2.75, 3.05) is 5.32 Å². The van der Waals surface area contributed by atoms with Gasteiger partial charge in [-0.3, -0.25) is 9.59 Å². The van der Waals surface area contributed by atoms with Crippen LogP contribution in [0.5, 0.6) is 0 Å². The van der Waals surface area contributed by atoms with Gasteiger partial charge in [0.1, 0.15) is 0 Å². The van der Waals surface area contributed by atoms with E-state index in [1.165, 1.54) is 0 Å². The maximum atomic E-state index is 13.2. The van der Waals surface area contributed by atoms with E-state index in [0.717, 1.165) is 16.8 Å². The number of aromatic nitrogens is 1. The molecule has 1 heterocycles. The number of anilines is 1. The van der Waals surface area contributed by atoms with Gasteiger partial charge in [-0.2, -0.15) is 4.57 Å². The molecule has 27 heavy (non-hydrogen) atoms. The molecular formula is C23H19N2O2+. The zero-order valence-corrected chi connectivity index (χ0v) is 15.2. The largest absolute Gasteiger partial charge is 0.347 e. The number of hydrogen-bond donors (Lipinski definition) is 1. The predicted octanol–water partition coefficient (Wildman–Crippen LogP) is 3.95. The molecule has 4 rings (SSSR count). The number of benzene rings is 2. The van der Waals surface area contributed by atoms with Gasteiger partial charge in [-0.25, -0.2) is 0 Å². The Balaban J connectivity index is 1.92. The molecule has 2 aromatic carbocycles. The fraction of sp³-hybridized carbons (Fsp3) is 0.0870. The number of fused-ring (bicyclic) bond motifs is 1. The number of rotatable bonds is 3. The van der Waals surface area contributed by atoms with Crippen LogP contribution in [0, 0.1) is 13.8 Å². The number of carbonyl (C=O) groups is 2. The van der Waals surface area contributed by atoms with Gasteiger partial charge >= 0.3 is 0 Å². The second-order valence-electron chi connectivity index (χ2n) is 6.70. The highest BCUT2D eigenvalue weighted by Gasteiger charge is 2.38. The Kier molecular flexibility index (Phi) is 4.16. The molecule has 0 saturated carbocycles. The van der Waals surface area contributed by atoms with Gasteiger partial charge in [-0.1, -0.05) is 36.4 Å². The quantitative estimate of drug-likeness (QED) is 0.724. The van der Waals surface area contributed by atoms with Crippen LogP contribution in [0.4, 0.5) is 5.69 Å². The zero-order chi connectivity index (χ0) is 19.0. The molecule has 3 aromatic rings. The van der Waals surface area contributed by atoms with Crippen LogP contribution in [0.15, 0.2) is 78.8 Å². The van der Waals surface area contributed by atoms with E-state index in [2.05, 4.69) is 5.32 Å². The molecule has 0 spiro atoms. The fourth-order valence-electron chi connectivity index (χ4n) is 3.24. The lowest BCUT2D eigenvalue weighted by molar-refractivity contribution is -0.577. The van der Waals surface area contributed by atoms with Crippen molar-refractivity contribution < 1.29 is 14.2 Å². The molecule has 1 aliphatic carbocycles. The van der Waals surface area contributed by atoms with Crippen molar-refractivity contribution >= 4 is 23.0 Å². The number of ketones is 2. The van der Waals surface area contributed by atoms with Crippen LogP contribution in [0.3, 0.4) is 0 Å². The van der Waals surface area contributed by atoms with Crippen molar-refractivity contribution in [2.45, 2.75) is 13.8 Å². The van der Waals surface area contributed by atoms with E-state index in [1.807, 2.05) is 62.6 Å². The summed E-state index contributed by atoms with van der Waals surface area (Å²) in [4.78, 5) is 26.5. The van der Waals surface area contributed by atoms with Crippen LogP contribution < -0.4 is 9.88 Å². The summed E-state index contributed by atoms with van der Waals surface area (Å²) in [5.41, 5.74) is 4.40. The molecule has 0 aliphatic heterocycles. The van der Waals surface area contributed by atoms with Gasteiger partial charge in [0.05, 0.1) is 0 Å². The van der Waals surface area contributed by atoms with E-state index in [9.17, 15) is 9.59 Å². The minimum atomic E-state index is -0.185. The Morgan fingerprint density at radius 3 is 2.07 bits per heavy atom. The molecule has 4 heteroatoms. The highest BCUT2D eigenvalue weighted by molar-refractivity contribution is 6.36. The molecular weight excluding hydrogens is 336 g/mol. The average Bonchev–Trinajstić information content (AvgIpc) is 2.67. The Hall–Kier alpha value is -3.53. The first-order valence-electron chi connectivity index (χ1n) is 8.79. The van der Waals surface area contributed by atoms with Crippen molar-refractivity contribution in [1.29, 1.82) is 0 Å². The smallest absolute Gasteiger partial charge is 0.286 e. The number of allylic oxidation sites excluding steroid dienone is 2. The van der Waals surface area contributed by atoms with Crippen molar-refractivity contribution in [3.8, 4) is 0 Å². The lowest BCUT2D eigenvalue weighted by atomic mass is 9.90. The first-order chi connectivity index (χ1) is 13.0. The van der Waals surface area contributed by atoms with E-state index in [0.29, 0.717) is 16.8 Å². The fourth-order valence-corrected chi connectivity index (χ4v) is 3.24. The summed E-state index contributed by atoms with van der Waals surface area (Å²) in [6, 6.07) is 18.5. The molecule has 0 radical (unpaired) electrons. The Morgan fingerprint density at radius 1 is 0.741 bits per heavy atom. The van der Waals surface area contributed by atoms with Crippen molar-refractivity contribution in [3.05, 3.63) is 101 Å². The third-order valence-electron chi connectivity index (χ3n) is 4.64. The lowest BCUT2D eigenvalue weighted by Crippen LogP contribution is -2.42. The Morgan fingerprint density at radius 2 is 1.41 bits per heavy atom. The zero-order valence-electron chi connectivity index (χ0n) is 15.2. The summed E-state index contributed by atoms with van der Waals surface area (Å²) in [5, 5.41) is 3.19. The summed E-state index contributed by atoms with van der Waals surface area (Å²) in [6.07, 6.45) is 3.61. The standard InChI is InChI=1S/C23H18N2O2/c1-15-10-12-25(13-11-15)21-20(24-17-7-5-6-16(2)14-17)22(26)18-8-3-4-9-19(18)23(21)27/h3-14H,1-2H3/p+1. The first-order valence-corrected chi connectivity index (χ1v) is 8.79. The van der Waals surface area contributed by atoms with E-state index in [-0.39, 0.29) is 17.3 Å². The van der Waals surface area contributed by atoms with Crippen LogP contribution in [0.2, 0.25) is 0 Å². The van der Waals surface area contributed by atoms with Gasteiger partial charge in [0.15, 0.2) is 18.1 Å². The molecule has 0 saturated heterocycles. The maximum Gasteiger partial charge on any atom is 0.286 e. The summed E-state index contributed by atoms with van der Waals surface area (Å²) in [5.74, 6) is -0.357. The number of carbonyl (C=O) groups excluding carboxylic acids is 2. The van der Waals surface area contributed by atoms with Gasteiger partial charge in [0.25, 0.3) is 11.5 Å². The number of nitrogens with zero attached hydrogens (tertiary/aromatic N) is 1. The molecule has 0 atom stereocenters. The number of pyridine rings is 1. The summed E-state index contributed by atoms with van der Waals surface area (Å²) < 4.78 is 1.71. The van der Waals surface area contributed by atoms with Gasteiger partial charge in [-0.15, -0.1) is 0 Å². The SMILES string of the molecule is Cc1cc[n+](C2=C(Nc3cccc(C)c3)C(=O)c3ccccc3C2=O)cc1. The highest BCUT2D eigenvalue weighted by atomic mass is 16.1. The van der Waals surface area contributed by atoms with E-state index < -0.39 is 0 Å². The van der Waals surface area contributed by atoms with Crippen LogP contribution in [0.1, 0.15) is 31.8 Å². The third kappa shape index (κ3) is 3.06. The molecule has 0 fully saturated rings. The van der Waals surface area contributed by atoms with Crippen LogP contribution in [-0.2, 0) is 0 Å². The maximum absolute atomic E-state index is 13.2. The van der Waals surface area contributed by atoms with E-state index in [4.69, 9.17) is 0 Å². The molecule has 0 bridgehead atoms. The van der Waals surface area contributed by atoms with Crippen molar-refractivity contribution in [1.82, 2.24) is 0 Å². The number of nitrogens with one attached hydrogen (secondary N) is 1. The topological polar surface area (TPSA) is 50.1 Å². The summed E-state index contributed by atoms with van der Waals surface area (Å²) in [7, 11) is 0. The minimum absolute atomic E-state index is 0.172. The van der Waals surface area contributed by atoms with Crippen LogP contribution >= 0.6 is 0 Å². The molecule has 4 nitrogen and oxygen atoms in total. The summed E-state index contributed by atoms with van der Waals surface area (Å²) >= 11 is 0. The van der Waals surface area contributed by atoms with E-state index in [1.54, 1.807) is 28.8 Å².